The number of carbonyl (C=O) groups is 1. The molecule has 0 saturated heterocycles. The summed E-state index contributed by atoms with van der Waals surface area (Å²) in [6.45, 7) is 0. The van der Waals surface area contributed by atoms with Gasteiger partial charge in [-0.05, 0) is 48.0 Å². The molecule has 9 nitrogen and oxygen atoms in total. The maximum absolute atomic E-state index is 13.4. The number of benzene rings is 3. The quantitative estimate of drug-likeness (QED) is 0.322. The third-order valence-corrected chi connectivity index (χ3v) is 6.21. The monoisotopic (exact) mass is 498 g/mol. The summed E-state index contributed by atoms with van der Waals surface area (Å²) in [7, 11) is 1.50. The number of nitrogens with one attached hydrogen (secondary N) is 1. The number of aromatic nitrogens is 1. The number of para-hydroxylation sites is 1. The molecule has 0 saturated carbocycles. The van der Waals surface area contributed by atoms with Gasteiger partial charge in [-0.2, -0.15) is 5.26 Å². The highest BCUT2D eigenvalue weighted by Gasteiger charge is 2.17. The summed E-state index contributed by atoms with van der Waals surface area (Å²) in [5, 5.41) is 23.5. The zero-order valence-electron chi connectivity index (χ0n) is 18.9. The number of non-ortho nitro benzene ring substituents is 1. The number of methoxy groups -OCH3 is 1. The molecule has 0 bridgehead atoms. The zero-order chi connectivity index (χ0) is 25.7. The van der Waals surface area contributed by atoms with E-state index < -0.39 is 16.4 Å². The maximum Gasteiger partial charge on any atom is 0.273 e. The highest BCUT2D eigenvalue weighted by Crippen LogP contribution is 2.17. The van der Waals surface area contributed by atoms with Crippen LogP contribution in [0.1, 0.15) is 5.56 Å². The lowest BCUT2D eigenvalue weighted by molar-refractivity contribution is -0.384. The number of hydrogen-bond acceptors (Lipinski definition) is 7. The number of carbonyl (C=O) groups excluding carboxylic acids is 1. The van der Waals surface area contributed by atoms with Crippen molar-refractivity contribution >= 4 is 40.3 Å². The lowest BCUT2D eigenvalue weighted by Crippen LogP contribution is -2.32. The number of rotatable bonds is 6. The van der Waals surface area contributed by atoms with Crippen molar-refractivity contribution in [3.05, 3.63) is 114 Å². The zero-order valence-corrected chi connectivity index (χ0v) is 19.7. The van der Waals surface area contributed by atoms with Gasteiger partial charge < -0.3 is 10.1 Å². The number of anilines is 1. The summed E-state index contributed by atoms with van der Waals surface area (Å²) in [6, 6.07) is 23.0. The van der Waals surface area contributed by atoms with Gasteiger partial charge in [0.15, 0.2) is 5.57 Å². The van der Waals surface area contributed by atoms with E-state index in [2.05, 4.69) is 5.32 Å². The number of nitrogens with zero attached hydrogens (tertiary/aromatic N) is 3. The van der Waals surface area contributed by atoms with Gasteiger partial charge in [0.25, 0.3) is 17.2 Å². The summed E-state index contributed by atoms with van der Waals surface area (Å²) < 4.78 is 6.89. The van der Waals surface area contributed by atoms with E-state index in [1.165, 1.54) is 35.9 Å². The molecule has 1 N–H and O–H groups in total. The number of hydrogen-bond donors (Lipinski definition) is 1. The largest absolute Gasteiger partial charge is 0.497 e. The van der Waals surface area contributed by atoms with Crippen LogP contribution >= 0.6 is 11.3 Å². The molecule has 0 unspecified atom stereocenters. The van der Waals surface area contributed by atoms with Gasteiger partial charge in [0.1, 0.15) is 16.5 Å². The fourth-order valence-corrected chi connectivity index (χ4v) is 4.50. The molecule has 0 aliphatic rings. The minimum atomic E-state index is -0.682. The van der Waals surface area contributed by atoms with Crippen LogP contribution < -0.4 is 24.8 Å². The van der Waals surface area contributed by atoms with Crippen molar-refractivity contribution in [1.82, 2.24) is 4.57 Å². The Hall–Kier alpha value is -5.01. The normalized spacial score (nSPS) is 11.9. The highest BCUT2D eigenvalue weighted by atomic mass is 32.1. The molecule has 4 aromatic rings. The summed E-state index contributed by atoms with van der Waals surface area (Å²) in [6.07, 6.45) is 1.56. The second kappa shape index (κ2) is 10.5. The maximum atomic E-state index is 13.4. The Morgan fingerprint density at radius 3 is 2.47 bits per heavy atom. The Kier molecular flexibility index (Phi) is 7.04. The van der Waals surface area contributed by atoms with Crippen molar-refractivity contribution in [2.75, 3.05) is 12.4 Å². The minimum Gasteiger partial charge on any atom is -0.497 e. The molecule has 0 fully saturated rings. The van der Waals surface area contributed by atoms with Gasteiger partial charge in [0.05, 0.1) is 22.3 Å². The SMILES string of the molecule is COc1cccc(NC(=O)/C(C#N)=c2\s/c(=C/c3ccc([N+](=O)[O-])cc3)c(=O)n2-c2ccccc2)c1. The van der Waals surface area contributed by atoms with Crippen LogP contribution in [-0.4, -0.2) is 22.5 Å². The molecule has 10 heteroatoms. The Balaban J connectivity index is 1.90. The molecule has 0 atom stereocenters. The topological polar surface area (TPSA) is 127 Å². The van der Waals surface area contributed by atoms with E-state index in [1.807, 2.05) is 6.07 Å². The predicted molar refractivity (Wildman–Crippen MR) is 136 cm³/mol. The second-order valence-electron chi connectivity index (χ2n) is 7.41. The fraction of sp³-hybridized carbons (Fsp3) is 0.0385. The van der Waals surface area contributed by atoms with Crippen LogP contribution in [-0.2, 0) is 4.79 Å². The van der Waals surface area contributed by atoms with E-state index >= 15 is 0 Å². The molecule has 178 valence electrons. The summed E-state index contributed by atoms with van der Waals surface area (Å²) in [4.78, 5) is 37.0. The summed E-state index contributed by atoms with van der Waals surface area (Å²) >= 11 is 0.981. The summed E-state index contributed by atoms with van der Waals surface area (Å²) in [5.41, 5.74) is 0.725. The third kappa shape index (κ3) is 5.06. The van der Waals surface area contributed by atoms with Gasteiger partial charge in [0.2, 0.25) is 0 Å². The van der Waals surface area contributed by atoms with Gasteiger partial charge in [-0.3, -0.25) is 24.3 Å². The average molecular weight is 499 g/mol. The van der Waals surface area contributed by atoms with Crippen LogP contribution in [0.2, 0.25) is 0 Å². The molecule has 1 amide bonds. The van der Waals surface area contributed by atoms with Gasteiger partial charge in [-0.1, -0.05) is 24.3 Å². The fourth-order valence-electron chi connectivity index (χ4n) is 3.40. The first-order valence-electron chi connectivity index (χ1n) is 10.5. The minimum absolute atomic E-state index is 0.0740. The van der Waals surface area contributed by atoms with E-state index in [0.29, 0.717) is 22.7 Å². The molecular formula is C26H18N4O5S. The van der Waals surface area contributed by atoms with Crippen molar-refractivity contribution < 1.29 is 14.5 Å². The Morgan fingerprint density at radius 2 is 1.83 bits per heavy atom. The number of nitriles is 1. The van der Waals surface area contributed by atoms with Crippen molar-refractivity contribution in [3.8, 4) is 17.5 Å². The first-order valence-corrected chi connectivity index (χ1v) is 11.4. The number of nitro groups is 1. The third-order valence-electron chi connectivity index (χ3n) is 5.12. The van der Waals surface area contributed by atoms with Gasteiger partial charge in [0, 0.05) is 23.9 Å². The Labute approximate surface area is 208 Å². The van der Waals surface area contributed by atoms with Gasteiger partial charge >= 0.3 is 0 Å². The molecule has 36 heavy (non-hydrogen) atoms. The van der Waals surface area contributed by atoms with Crippen LogP contribution in [0.15, 0.2) is 83.7 Å². The first kappa shape index (κ1) is 24.1. The van der Waals surface area contributed by atoms with Crippen LogP contribution in [0.3, 0.4) is 0 Å². The molecule has 0 radical (unpaired) electrons. The van der Waals surface area contributed by atoms with Crippen molar-refractivity contribution in [3.63, 3.8) is 0 Å². The lowest BCUT2D eigenvalue weighted by atomic mass is 10.2. The van der Waals surface area contributed by atoms with Crippen molar-refractivity contribution in [2.24, 2.45) is 0 Å². The summed E-state index contributed by atoms with van der Waals surface area (Å²) in [5.74, 6) is -0.151. The van der Waals surface area contributed by atoms with E-state index in [0.717, 1.165) is 11.3 Å². The molecule has 0 spiro atoms. The second-order valence-corrected chi connectivity index (χ2v) is 8.44. The lowest BCUT2D eigenvalue weighted by Gasteiger charge is -2.07. The number of ether oxygens (including phenoxy) is 1. The molecular weight excluding hydrogens is 480 g/mol. The average Bonchev–Trinajstić information content (AvgIpc) is 3.20. The predicted octanol–water partition coefficient (Wildman–Crippen LogP) is 2.96. The van der Waals surface area contributed by atoms with Gasteiger partial charge in [-0.25, -0.2) is 0 Å². The molecule has 3 aromatic carbocycles. The smallest absolute Gasteiger partial charge is 0.273 e. The number of amides is 1. The van der Waals surface area contributed by atoms with Crippen LogP contribution in [0.4, 0.5) is 11.4 Å². The Morgan fingerprint density at radius 1 is 1.11 bits per heavy atom. The molecule has 1 heterocycles. The molecule has 0 aliphatic heterocycles. The van der Waals surface area contributed by atoms with E-state index in [1.54, 1.807) is 60.7 Å². The number of thiazole rings is 1. The van der Waals surface area contributed by atoms with Crippen LogP contribution in [0.25, 0.3) is 17.3 Å². The number of nitro benzene ring substituents is 1. The van der Waals surface area contributed by atoms with E-state index in [9.17, 15) is 25.0 Å². The van der Waals surface area contributed by atoms with Gasteiger partial charge in [-0.15, -0.1) is 11.3 Å². The molecule has 0 aliphatic carbocycles. The van der Waals surface area contributed by atoms with Crippen LogP contribution in [0, 0.1) is 21.4 Å². The van der Waals surface area contributed by atoms with E-state index in [-0.39, 0.29) is 20.5 Å². The highest BCUT2D eigenvalue weighted by molar-refractivity contribution is 7.07. The van der Waals surface area contributed by atoms with Crippen LogP contribution in [0.5, 0.6) is 5.75 Å². The van der Waals surface area contributed by atoms with Crippen molar-refractivity contribution in [2.45, 2.75) is 0 Å². The van der Waals surface area contributed by atoms with E-state index in [4.69, 9.17) is 4.74 Å². The van der Waals surface area contributed by atoms with Crippen molar-refractivity contribution in [1.29, 1.82) is 5.26 Å². The molecule has 4 rings (SSSR count). The molecule has 1 aromatic heterocycles. The Bertz CT molecular complexity index is 1670. The standard InChI is InChI=1S/C26H18N4O5S/c1-35-21-9-5-6-18(15-21)28-24(31)22(16-27)26-29(19-7-3-2-4-8-19)25(32)23(36-26)14-17-10-12-20(13-11-17)30(33)34/h2-15H,1H3,(H,28,31)/b23-14+,26-22-. The first-order chi connectivity index (χ1) is 17.4.